The van der Waals surface area contributed by atoms with E-state index in [9.17, 15) is 10.1 Å². The summed E-state index contributed by atoms with van der Waals surface area (Å²) in [4.78, 5) is 21.8. The first-order valence-electron chi connectivity index (χ1n) is 8.96. The lowest BCUT2D eigenvalue weighted by molar-refractivity contribution is 0.105. The van der Waals surface area contributed by atoms with Gasteiger partial charge in [0.2, 0.25) is 0 Å². The predicted octanol–water partition coefficient (Wildman–Crippen LogP) is 3.73. The molecule has 2 heterocycles. The van der Waals surface area contributed by atoms with E-state index >= 15 is 0 Å². The van der Waals surface area contributed by atoms with Crippen molar-refractivity contribution in [3.05, 3.63) is 41.6 Å². The van der Waals surface area contributed by atoms with Crippen LogP contribution in [0.15, 0.2) is 24.8 Å². The molecule has 0 bridgehead atoms. The maximum Gasteiger partial charge on any atom is 0.195 e. The summed E-state index contributed by atoms with van der Waals surface area (Å²) < 4.78 is 2.11. The van der Waals surface area contributed by atoms with E-state index in [0.717, 1.165) is 40.9 Å². The van der Waals surface area contributed by atoms with E-state index in [0.29, 0.717) is 24.3 Å². The fraction of sp³-hybridized carbons (Fsp3) is 0.400. The van der Waals surface area contributed by atoms with E-state index in [2.05, 4.69) is 20.6 Å². The maximum absolute atomic E-state index is 13.0. The summed E-state index contributed by atoms with van der Waals surface area (Å²) in [5, 5.41) is 9.30. The smallest absolute Gasteiger partial charge is 0.195 e. The molecule has 3 aliphatic carbocycles. The van der Waals surface area contributed by atoms with Gasteiger partial charge in [0, 0.05) is 47.1 Å². The molecule has 0 radical (unpaired) electrons. The van der Waals surface area contributed by atoms with Gasteiger partial charge in [0.15, 0.2) is 5.78 Å². The number of ketones is 1. The molecule has 1 atom stereocenters. The average Bonchev–Trinajstić information content (AvgIpc) is 3.37. The second-order valence-corrected chi connectivity index (χ2v) is 7.20. The van der Waals surface area contributed by atoms with Gasteiger partial charge in [0.25, 0.3) is 0 Å². The maximum atomic E-state index is 13.0. The topological polar surface area (TPSA) is 71.6 Å². The fourth-order valence-electron chi connectivity index (χ4n) is 4.70. The highest BCUT2D eigenvalue weighted by molar-refractivity contribution is 6.35. The molecule has 5 nitrogen and oxygen atoms in total. The van der Waals surface area contributed by atoms with Crippen molar-refractivity contribution in [2.75, 3.05) is 0 Å². The summed E-state index contributed by atoms with van der Waals surface area (Å²) >= 11 is 0. The molecule has 25 heavy (non-hydrogen) atoms. The van der Waals surface area contributed by atoms with Crippen LogP contribution in [0.2, 0.25) is 0 Å². The number of hydrogen-bond donors (Lipinski definition) is 0. The Morgan fingerprint density at radius 1 is 1.24 bits per heavy atom. The molecular formula is C20H18N4O. The van der Waals surface area contributed by atoms with E-state index in [4.69, 9.17) is 0 Å². The highest BCUT2D eigenvalue weighted by Gasteiger charge is 2.36. The molecule has 3 aliphatic rings. The highest BCUT2D eigenvalue weighted by Crippen LogP contribution is 2.44. The molecule has 0 saturated heterocycles. The van der Waals surface area contributed by atoms with Gasteiger partial charge in [-0.3, -0.25) is 4.79 Å². The van der Waals surface area contributed by atoms with Crippen LogP contribution in [0.1, 0.15) is 59.8 Å². The lowest BCUT2D eigenvalue weighted by Gasteiger charge is -2.22. The zero-order valence-electron chi connectivity index (χ0n) is 13.9. The minimum atomic E-state index is 0.0666. The molecular weight excluding hydrogens is 312 g/mol. The molecule has 0 N–H and O–H groups in total. The standard InChI is InChI=1S/C20H18N4O/c21-8-7-17(12-3-1-2-4-12)24-9-14-15(10-24)20(25)13-5-6-16-18(13)19(14)23-11-22-16/h5,9-12,17H,1-4,6-7H2. The minimum Gasteiger partial charge on any atom is -0.348 e. The highest BCUT2D eigenvalue weighted by atomic mass is 16.1. The summed E-state index contributed by atoms with van der Waals surface area (Å²) in [6, 6.07) is 2.48. The van der Waals surface area contributed by atoms with E-state index in [1.165, 1.54) is 12.8 Å². The van der Waals surface area contributed by atoms with Crippen LogP contribution in [0, 0.1) is 17.2 Å². The van der Waals surface area contributed by atoms with Crippen LogP contribution >= 0.6 is 0 Å². The molecule has 2 aromatic rings. The predicted molar refractivity (Wildman–Crippen MR) is 92.7 cm³/mol. The van der Waals surface area contributed by atoms with Crippen molar-refractivity contribution >= 4 is 11.4 Å². The van der Waals surface area contributed by atoms with Gasteiger partial charge < -0.3 is 4.57 Å². The first-order valence-corrected chi connectivity index (χ1v) is 8.96. The van der Waals surface area contributed by atoms with Crippen LogP contribution in [0.3, 0.4) is 0 Å². The molecule has 5 heteroatoms. The number of nitrogens with zero attached hydrogens (tertiary/aromatic N) is 4. The van der Waals surface area contributed by atoms with Gasteiger partial charge in [-0.2, -0.15) is 5.26 Å². The molecule has 1 saturated carbocycles. The Balaban J connectivity index is 1.65. The van der Waals surface area contributed by atoms with Gasteiger partial charge >= 0.3 is 0 Å². The molecule has 0 aromatic carbocycles. The van der Waals surface area contributed by atoms with Gasteiger partial charge in [-0.15, -0.1) is 0 Å². The summed E-state index contributed by atoms with van der Waals surface area (Å²) in [6.45, 7) is 0. The van der Waals surface area contributed by atoms with Gasteiger partial charge in [0.1, 0.15) is 6.33 Å². The van der Waals surface area contributed by atoms with Crippen LogP contribution in [0.25, 0.3) is 16.8 Å². The molecule has 0 amide bonds. The van der Waals surface area contributed by atoms with Crippen molar-refractivity contribution in [1.29, 1.82) is 5.26 Å². The lowest BCUT2D eigenvalue weighted by Crippen LogP contribution is -2.15. The Morgan fingerprint density at radius 3 is 2.84 bits per heavy atom. The number of fused-ring (bicyclic) bond motifs is 2. The number of hydrogen-bond acceptors (Lipinski definition) is 4. The van der Waals surface area contributed by atoms with Crippen LogP contribution in [0.5, 0.6) is 0 Å². The molecule has 0 spiro atoms. The number of rotatable bonds is 3. The lowest BCUT2D eigenvalue weighted by atomic mass is 9.88. The van der Waals surface area contributed by atoms with Gasteiger partial charge in [-0.1, -0.05) is 18.9 Å². The zero-order chi connectivity index (χ0) is 17.0. The first-order chi connectivity index (χ1) is 12.3. The van der Waals surface area contributed by atoms with Gasteiger partial charge in [0.05, 0.1) is 23.9 Å². The summed E-state index contributed by atoms with van der Waals surface area (Å²) in [5.74, 6) is 0.587. The summed E-state index contributed by atoms with van der Waals surface area (Å²) in [5.41, 5.74) is 5.07. The van der Waals surface area contributed by atoms with E-state index in [-0.39, 0.29) is 11.8 Å². The normalized spacial score (nSPS) is 19.3. The third-order valence-corrected chi connectivity index (χ3v) is 5.91. The second kappa shape index (κ2) is 5.38. The molecule has 5 rings (SSSR count). The van der Waals surface area contributed by atoms with Crippen molar-refractivity contribution in [3.63, 3.8) is 0 Å². The fourth-order valence-corrected chi connectivity index (χ4v) is 4.70. The van der Waals surface area contributed by atoms with Crippen molar-refractivity contribution in [2.45, 2.75) is 44.6 Å². The number of Topliss-reactive ketones (excluding diaryl/α,β-unsaturated/α-hetero) is 1. The second-order valence-electron chi connectivity index (χ2n) is 7.20. The third kappa shape index (κ3) is 2.03. The minimum absolute atomic E-state index is 0.0666. The number of carbonyl (C=O) groups is 1. The van der Waals surface area contributed by atoms with Crippen molar-refractivity contribution in [1.82, 2.24) is 14.5 Å². The van der Waals surface area contributed by atoms with E-state index in [1.807, 2.05) is 18.5 Å². The van der Waals surface area contributed by atoms with Crippen molar-refractivity contribution in [2.24, 2.45) is 5.92 Å². The molecule has 124 valence electrons. The number of nitriles is 1. The van der Waals surface area contributed by atoms with Crippen molar-refractivity contribution in [3.8, 4) is 17.3 Å². The molecule has 1 unspecified atom stereocenters. The summed E-state index contributed by atoms with van der Waals surface area (Å²) in [7, 11) is 0. The molecule has 2 aromatic heterocycles. The quantitative estimate of drug-likeness (QED) is 0.860. The SMILES string of the molecule is N#CCC(C1CCCC1)n1cc2c(c1)-c1ncnc3c1C(=CC3)C2=O. The Bertz CT molecular complexity index is 957. The van der Waals surface area contributed by atoms with Crippen LogP contribution in [-0.4, -0.2) is 20.3 Å². The monoisotopic (exact) mass is 330 g/mol. The average molecular weight is 330 g/mol. The third-order valence-electron chi connectivity index (χ3n) is 5.91. The van der Waals surface area contributed by atoms with Crippen LogP contribution in [0.4, 0.5) is 0 Å². The van der Waals surface area contributed by atoms with E-state index in [1.54, 1.807) is 6.33 Å². The Hall–Kier alpha value is -2.74. The largest absolute Gasteiger partial charge is 0.348 e. The number of carbonyl (C=O) groups excluding carboxylic acids is 1. The van der Waals surface area contributed by atoms with Crippen molar-refractivity contribution < 1.29 is 4.79 Å². The number of allylic oxidation sites excluding steroid dienone is 2. The first kappa shape index (κ1) is 14.6. The molecule has 0 aliphatic heterocycles. The zero-order valence-corrected chi connectivity index (χ0v) is 13.9. The Morgan fingerprint density at radius 2 is 2.04 bits per heavy atom. The van der Waals surface area contributed by atoms with Crippen LogP contribution in [-0.2, 0) is 6.42 Å². The van der Waals surface area contributed by atoms with Crippen LogP contribution < -0.4 is 0 Å². The molecule has 1 fully saturated rings. The van der Waals surface area contributed by atoms with Gasteiger partial charge in [-0.25, -0.2) is 9.97 Å². The Kier molecular flexibility index (Phi) is 3.14. The Labute approximate surface area is 146 Å². The summed E-state index contributed by atoms with van der Waals surface area (Å²) in [6.07, 6.45) is 13.5. The number of aromatic nitrogens is 3. The van der Waals surface area contributed by atoms with Gasteiger partial charge in [-0.05, 0) is 18.8 Å². The van der Waals surface area contributed by atoms with E-state index < -0.39 is 0 Å².